The number of nitrogens with one attached hydrogen (secondary N) is 2. The van der Waals surface area contributed by atoms with E-state index in [9.17, 15) is 0 Å². The van der Waals surface area contributed by atoms with Gasteiger partial charge in [-0.25, -0.2) is 0 Å². The highest BCUT2D eigenvalue weighted by Crippen LogP contribution is 2.21. The Morgan fingerprint density at radius 2 is 1.96 bits per heavy atom. The summed E-state index contributed by atoms with van der Waals surface area (Å²) in [5.74, 6) is 1.56. The number of rotatable bonds is 5. The highest BCUT2D eigenvalue weighted by molar-refractivity contribution is 5.64. The van der Waals surface area contributed by atoms with Crippen LogP contribution in [0.15, 0.2) is 54.7 Å². The first-order chi connectivity index (χ1) is 11.8. The number of hydrogen-bond acceptors (Lipinski definition) is 7. The van der Waals surface area contributed by atoms with Crippen molar-refractivity contribution in [1.29, 1.82) is 5.26 Å². The Kier molecular flexibility index (Phi) is 4.49. The lowest BCUT2D eigenvalue weighted by molar-refractivity contribution is 0.415. The summed E-state index contributed by atoms with van der Waals surface area (Å²) < 4.78 is 5.19. The third-order valence-electron chi connectivity index (χ3n) is 3.19. The molecule has 24 heavy (non-hydrogen) atoms. The predicted octanol–water partition coefficient (Wildman–Crippen LogP) is 3.24. The van der Waals surface area contributed by atoms with Crippen molar-refractivity contribution in [2.24, 2.45) is 0 Å². The van der Waals surface area contributed by atoms with Crippen molar-refractivity contribution in [3.8, 4) is 11.8 Å². The van der Waals surface area contributed by atoms with Crippen LogP contribution in [0.2, 0.25) is 0 Å². The molecule has 0 bridgehead atoms. The highest BCUT2D eigenvalue weighted by atomic mass is 16.5. The van der Waals surface area contributed by atoms with Gasteiger partial charge in [-0.2, -0.15) is 15.3 Å². The lowest BCUT2D eigenvalue weighted by Gasteiger charge is -2.09. The minimum absolute atomic E-state index is 0.297. The first-order valence-electron chi connectivity index (χ1n) is 7.15. The van der Waals surface area contributed by atoms with Gasteiger partial charge in [-0.3, -0.25) is 0 Å². The summed E-state index contributed by atoms with van der Waals surface area (Å²) in [7, 11) is 1.61. The van der Waals surface area contributed by atoms with Gasteiger partial charge in [0.1, 0.15) is 11.8 Å². The fourth-order valence-corrected chi connectivity index (χ4v) is 2.08. The number of hydrogen-bond donors (Lipinski definition) is 2. The summed E-state index contributed by atoms with van der Waals surface area (Å²) >= 11 is 0. The molecule has 0 saturated heterocycles. The van der Waals surface area contributed by atoms with Crippen LogP contribution in [0.3, 0.4) is 0 Å². The van der Waals surface area contributed by atoms with Crippen LogP contribution >= 0.6 is 0 Å². The maximum Gasteiger partial charge on any atom is 0.249 e. The molecule has 0 spiro atoms. The van der Waals surface area contributed by atoms with Crippen LogP contribution < -0.4 is 15.4 Å². The monoisotopic (exact) mass is 318 g/mol. The van der Waals surface area contributed by atoms with Gasteiger partial charge in [0.05, 0.1) is 24.6 Å². The molecule has 0 aliphatic heterocycles. The quantitative estimate of drug-likeness (QED) is 0.745. The number of benzene rings is 2. The van der Waals surface area contributed by atoms with Crippen LogP contribution in [0.1, 0.15) is 5.56 Å². The highest BCUT2D eigenvalue weighted by Gasteiger charge is 2.05. The van der Waals surface area contributed by atoms with Gasteiger partial charge < -0.3 is 15.4 Å². The van der Waals surface area contributed by atoms with E-state index in [1.165, 1.54) is 6.20 Å². The predicted molar refractivity (Wildman–Crippen MR) is 90.5 cm³/mol. The van der Waals surface area contributed by atoms with Crippen LogP contribution in [-0.4, -0.2) is 22.3 Å². The molecule has 0 fully saturated rings. The summed E-state index contributed by atoms with van der Waals surface area (Å²) in [5.41, 5.74) is 1.95. The van der Waals surface area contributed by atoms with Crippen LogP contribution in [0.5, 0.6) is 5.75 Å². The number of ether oxygens (including phenoxy) is 1. The first-order valence-corrected chi connectivity index (χ1v) is 7.15. The summed E-state index contributed by atoms with van der Waals surface area (Å²) in [6.45, 7) is 0. The van der Waals surface area contributed by atoms with E-state index in [-0.39, 0.29) is 0 Å². The van der Waals surface area contributed by atoms with Crippen molar-refractivity contribution in [3.05, 3.63) is 60.3 Å². The third-order valence-corrected chi connectivity index (χ3v) is 3.19. The summed E-state index contributed by atoms with van der Waals surface area (Å²) in [4.78, 5) is 4.35. The van der Waals surface area contributed by atoms with Gasteiger partial charge in [-0.05, 0) is 24.3 Å². The number of methoxy groups -OCH3 is 1. The second kappa shape index (κ2) is 7.07. The minimum Gasteiger partial charge on any atom is -0.497 e. The molecule has 0 atom stereocenters. The molecule has 2 aromatic carbocycles. The van der Waals surface area contributed by atoms with E-state index in [4.69, 9.17) is 10.00 Å². The Balaban J connectivity index is 1.80. The average Bonchev–Trinajstić information content (AvgIpc) is 2.62. The number of anilines is 4. The number of nitriles is 1. The van der Waals surface area contributed by atoms with Crippen molar-refractivity contribution in [3.63, 3.8) is 0 Å². The van der Waals surface area contributed by atoms with Crippen LogP contribution in [0.4, 0.5) is 23.1 Å². The maximum absolute atomic E-state index is 9.12. The molecule has 118 valence electrons. The number of aromatic nitrogens is 3. The molecule has 7 nitrogen and oxygen atoms in total. The lowest BCUT2D eigenvalue weighted by atomic mass is 10.2. The second-order valence-electron chi connectivity index (χ2n) is 4.80. The topological polar surface area (TPSA) is 95.8 Å². The number of nitrogens with zero attached hydrogens (tertiary/aromatic N) is 4. The molecule has 3 aromatic rings. The summed E-state index contributed by atoms with van der Waals surface area (Å²) in [6, 6.07) is 16.7. The van der Waals surface area contributed by atoms with Gasteiger partial charge in [0.2, 0.25) is 5.95 Å². The Morgan fingerprint density at radius 3 is 2.79 bits per heavy atom. The van der Waals surface area contributed by atoms with Gasteiger partial charge in [0.25, 0.3) is 0 Å². The number of para-hydroxylation sites is 1. The first kappa shape index (κ1) is 15.2. The van der Waals surface area contributed by atoms with Crippen LogP contribution in [0, 0.1) is 11.3 Å². The van der Waals surface area contributed by atoms with Gasteiger partial charge >= 0.3 is 0 Å². The van der Waals surface area contributed by atoms with Crippen molar-refractivity contribution < 1.29 is 4.74 Å². The van der Waals surface area contributed by atoms with Gasteiger partial charge in [-0.15, -0.1) is 5.10 Å². The lowest BCUT2D eigenvalue weighted by Crippen LogP contribution is -2.03. The van der Waals surface area contributed by atoms with Crippen molar-refractivity contribution in [2.45, 2.75) is 0 Å². The summed E-state index contributed by atoms with van der Waals surface area (Å²) in [5, 5.41) is 23.1. The molecule has 1 aromatic heterocycles. The molecule has 0 aliphatic carbocycles. The molecule has 0 radical (unpaired) electrons. The standard InChI is InChI=1S/C17H14N6O/c1-24-14-7-4-6-13(9-14)20-16-11-19-23-17(22-16)21-15-8-3-2-5-12(15)10-18/h2-9,11H,1H3,(H2,20,21,22,23). The normalized spacial score (nSPS) is 9.83. The zero-order valence-corrected chi connectivity index (χ0v) is 12.9. The Morgan fingerprint density at radius 1 is 1.08 bits per heavy atom. The molecule has 0 amide bonds. The van der Waals surface area contributed by atoms with Gasteiger partial charge in [-0.1, -0.05) is 18.2 Å². The van der Waals surface area contributed by atoms with E-state index in [0.717, 1.165) is 11.4 Å². The maximum atomic E-state index is 9.12. The largest absolute Gasteiger partial charge is 0.497 e. The van der Waals surface area contributed by atoms with E-state index >= 15 is 0 Å². The molecule has 2 N–H and O–H groups in total. The van der Waals surface area contributed by atoms with Crippen LogP contribution in [0.25, 0.3) is 0 Å². The molecular formula is C17H14N6O. The summed E-state index contributed by atoms with van der Waals surface area (Å²) in [6.07, 6.45) is 1.51. The molecule has 7 heteroatoms. The zero-order valence-electron chi connectivity index (χ0n) is 12.9. The average molecular weight is 318 g/mol. The molecule has 0 aliphatic rings. The molecule has 0 unspecified atom stereocenters. The minimum atomic E-state index is 0.297. The molecule has 0 saturated carbocycles. The second-order valence-corrected chi connectivity index (χ2v) is 4.80. The molecule has 1 heterocycles. The smallest absolute Gasteiger partial charge is 0.249 e. The van der Waals surface area contributed by atoms with Crippen molar-refractivity contribution in [2.75, 3.05) is 17.7 Å². The SMILES string of the molecule is COc1cccc(Nc2cnnc(Nc3ccccc3C#N)n2)c1. The van der Waals surface area contributed by atoms with Crippen molar-refractivity contribution in [1.82, 2.24) is 15.2 Å². The fourth-order valence-electron chi connectivity index (χ4n) is 2.08. The van der Waals surface area contributed by atoms with E-state index in [0.29, 0.717) is 23.0 Å². The van der Waals surface area contributed by atoms with Crippen molar-refractivity contribution >= 4 is 23.1 Å². The van der Waals surface area contributed by atoms with E-state index in [1.54, 1.807) is 25.3 Å². The van der Waals surface area contributed by atoms with Gasteiger partial charge in [0, 0.05) is 11.8 Å². The molecule has 3 rings (SSSR count). The Bertz CT molecular complexity index is 890. The Labute approximate surface area is 139 Å². The van der Waals surface area contributed by atoms with Crippen LogP contribution in [-0.2, 0) is 0 Å². The third kappa shape index (κ3) is 3.56. The molecular weight excluding hydrogens is 304 g/mol. The fraction of sp³-hybridized carbons (Fsp3) is 0.0588. The zero-order chi connectivity index (χ0) is 16.8. The van der Waals surface area contributed by atoms with E-state index in [1.807, 2.05) is 30.3 Å². The van der Waals surface area contributed by atoms with E-state index in [2.05, 4.69) is 31.9 Å². The van der Waals surface area contributed by atoms with Gasteiger partial charge in [0.15, 0.2) is 5.82 Å². The Hall–Kier alpha value is -3.66. The van der Waals surface area contributed by atoms with E-state index < -0.39 is 0 Å².